The van der Waals surface area contributed by atoms with E-state index in [4.69, 9.17) is 0 Å². The molecule has 2 aromatic heterocycles. The number of benzene rings is 1. The normalized spacial score (nSPS) is 14.9. The van der Waals surface area contributed by atoms with E-state index in [9.17, 15) is 4.79 Å². The molecule has 4 rings (SSSR count). The van der Waals surface area contributed by atoms with Crippen LogP contribution in [0.25, 0.3) is 10.9 Å². The molecule has 5 nitrogen and oxygen atoms in total. The molecule has 25 heavy (non-hydrogen) atoms. The zero-order valence-corrected chi connectivity index (χ0v) is 14.1. The van der Waals surface area contributed by atoms with E-state index in [-0.39, 0.29) is 12.1 Å². The molecule has 0 aliphatic heterocycles. The van der Waals surface area contributed by atoms with Crippen molar-refractivity contribution in [1.82, 2.24) is 15.3 Å². The van der Waals surface area contributed by atoms with Crippen LogP contribution in [0.15, 0.2) is 54.9 Å². The van der Waals surface area contributed by atoms with Crippen LogP contribution in [0.1, 0.15) is 30.1 Å². The van der Waals surface area contributed by atoms with Crippen molar-refractivity contribution in [2.24, 2.45) is 5.92 Å². The van der Waals surface area contributed by atoms with Gasteiger partial charge in [0, 0.05) is 23.5 Å². The molecule has 1 saturated carbocycles. The number of pyridine rings is 2. The number of hydrogen-bond acceptors (Lipinski definition) is 3. The third-order valence-electron chi connectivity index (χ3n) is 4.54. The Balaban J connectivity index is 1.56. The summed E-state index contributed by atoms with van der Waals surface area (Å²) in [5.74, 6) is 0.504. The molecule has 126 valence electrons. The van der Waals surface area contributed by atoms with E-state index in [1.165, 1.54) is 0 Å². The molecular weight excluding hydrogens is 312 g/mol. The summed E-state index contributed by atoms with van der Waals surface area (Å²) in [6.45, 7) is 1.93. The lowest BCUT2D eigenvalue weighted by molar-refractivity contribution is 0.247. The standard InChI is InChI=1S/C20H20N4O/c1-13-12-18(16-4-2-3-5-17(16)22-13)23-20(25)24-19(14-6-7-14)15-8-10-21-11-9-15/h2-5,8-12,14,19H,6-7H2,1H3,(H2,22,23,24,25). The highest BCUT2D eigenvalue weighted by Gasteiger charge is 2.33. The highest BCUT2D eigenvalue weighted by molar-refractivity contribution is 6.00. The molecule has 0 spiro atoms. The third kappa shape index (κ3) is 3.45. The van der Waals surface area contributed by atoms with E-state index in [0.717, 1.165) is 40.7 Å². The molecule has 1 fully saturated rings. The zero-order valence-electron chi connectivity index (χ0n) is 14.1. The van der Waals surface area contributed by atoms with E-state index < -0.39 is 0 Å². The van der Waals surface area contributed by atoms with Gasteiger partial charge in [0.1, 0.15) is 0 Å². The number of hydrogen-bond donors (Lipinski definition) is 2. The number of carbonyl (C=O) groups excluding carboxylic acids is 1. The number of para-hydroxylation sites is 1. The Hall–Kier alpha value is -2.95. The van der Waals surface area contributed by atoms with Gasteiger partial charge < -0.3 is 10.6 Å². The van der Waals surface area contributed by atoms with Crippen LogP contribution in [0.5, 0.6) is 0 Å². The van der Waals surface area contributed by atoms with Crippen molar-refractivity contribution in [2.45, 2.75) is 25.8 Å². The minimum atomic E-state index is -0.190. The van der Waals surface area contributed by atoms with Crippen LogP contribution in [0.4, 0.5) is 10.5 Å². The van der Waals surface area contributed by atoms with Crippen molar-refractivity contribution in [3.8, 4) is 0 Å². The molecule has 2 N–H and O–H groups in total. The van der Waals surface area contributed by atoms with Gasteiger partial charge in [0.25, 0.3) is 0 Å². The molecule has 2 heterocycles. The molecule has 1 aliphatic carbocycles. The topological polar surface area (TPSA) is 66.9 Å². The molecule has 1 aliphatic rings. The van der Waals surface area contributed by atoms with Crippen LogP contribution in [-0.2, 0) is 0 Å². The number of urea groups is 1. The first kappa shape index (κ1) is 15.6. The van der Waals surface area contributed by atoms with Crippen LogP contribution in [0.2, 0.25) is 0 Å². The van der Waals surface area contributed by atoms with Gasteiger partial charge in [-0.25, -0.2) is 4.79 Å². The van der Waals surface area contributed by atoms with Gasteiger partial charge in [0.05, 0.1) is 17.2 Å². The van der Waals surface area contributed by atoms with Crippen molar-refractivity contribution >= 4 is 22.6 Å². The molecule has 1 atom stereocenters. The quantitative estimate of drug-likeness (QED) is 0.752. The predicted molar refractivity (Wildman–Crippen MR) is 98.3 cm³/mol. The lowest BCUT2D eigenvalue weighted by Gasteiger charge is -2.19. The fraction of sp³-hybridized carbons (Fsp3) is 0.250. The molecule has 0 saturated heterocycles. The molecule has 1 aromatic carbocycles. The second-order valence-electron chi connectivity index (χ2n) is 6.52. The van der Waals surface area contributed by atoms with Gasteiger partial charge in [0.15, 0.2) is 0 Å². The maximum Gasteiger partial charge on any atom is 0.319 e. The van der Waals surface area contributed by atoms with Gasteiger partial charge in [-0.3, -0.25) is 9.97 Å². The van der Waals surface area contributed by atoms with Crippen LogP contribution < -0.4 is 10.6 Å². The Morgan fingerprint density at radius 1 is 1.16 bits per heavy atom. The second-order valence-corrected chi connectivity index (χ2v) is 6.52. The molecule has 5 heteroatoms. The lowest BCUT2D eigenvalue weighted by Crippen LogP contribution is -2.33. The number of aryl methyl sites for hydroxylation is 1. The number of carbonyl (C=O) groups is 1. The Morgan fingerprint density at radius 3 is 2.68 bits per heavy atom. The summed E-state index contributed by atoms with van der Waals surface area (Å²) in [4.78, 5) is 21.2. The maximum absolute atomic E-state index is 12.6. The first-order chi connectivity index (χ1) is 12.2. The summed E-state index contributed by atoms with van der Waals surface area (Å²) in [7, 11) is 0. The van der Waals surface area contributed by atoms with Crippen LogP contribution in [0.3, 0.4) is 0 Å². The number of rotatable bonds is 4. The van der Waals surface area contributed by atoms with E-state index in [0.29, 0.717) is 5.92 Å². The first-order valence-electron chi connectivity index (χ1n) is 8.54. The van der Waals surface area contributed by atoms with E-state index in [2.05, 4.69) is 20.6 Å². The Kier molecular flexibility index (Phi) is 4.06. The summed E-state index contributed by atoms with van der Waals surface area (Å²) in [5.41, 5.74) is 3.64. The van der Waals surface area contributed by atoms with Gasteiger partial charge in [-0.05, 0) is 55.5 Å². The second kappa shape index (κ2) is 6.51. The van der Waals surface area contributed by atoms with Crippen molar-refractivity contribution in [1.29, 1.82) is 0 Å². The van der Waals surface area contributed by atoms with Crippen molar-refractivity contribution in [2.75, 3.05) is 5.32 Å². The summed E-state index contributed by atoms with van der Waals surface area (Å²) in [6.07, 6.45) is 5.82. The predicted octanol–water partition coefficient (Wildman–Crippen LogP) is 4.21. The Bertz CT molecular complexity index is 906. The monoisotopic (exact) mass is 332 g/mol. The molecule has 1 unspecified atom stereocenters. The molecule has 0 bridgehead atoms. The van der Waals surface area contributed by atoms with Crippen LogP contribution in [0, 0.1) is 12.8 Å². The molecule has 0 radical (unpaired) electrons. The van der Waals surface area contributed by atoms with E-state index in [1.807, 2.05) is 49.4 Å². The largest absolute Gasteiger partial charge is 0.331 e. The number of nitrogens with zero attached hydrogens (tertiary/aromatic N) is 2. The number of nitrogens with one attached hydrogen (secondary N) is 2. The molecular formula is C20H20N4O. The van der Waals surface area contributed by atoms with Gasteiger partial charge in [-0.2, -0.15) is 0 Å². The average molecular weight is 332 g/mol. The van der Waals surface area contributed by atoms with Crippen LogP contribution >= 0.6 is 0 Å². The number of fused-ring (bicyclic) bond motifs is 1. The van der Waals surface area contributed by atoms with Crippen molar-refractivity contribution in [3.05, 3.63) is 66.1 Å². The summed E-state index contributed by atoms with van der Waals surface area (Å²) in [5, 5.41) is 7.07. The lowest BCUT2D eigenvalue weighted by atomic mass is 10.0. The van der Waals surface area contributed by atoms with Crippen molar-refractivity contribution < 1.29 is 4.79 Å². The molecule has 2 amide bonds. The van der Waals surface area contributed by atoms with Crippen LogP contribution in [-0.4, -0.2) is 16.0 Å². The fourth-order valence-corrected chi connectivity index (χ4v) is 3.18. The highest BCUT2D eigenvalue weighted by Crippen LogP contribution is 2.40. The minimum absolute atomic E-state index is 0.0252. The third-order valence-corrected chi connectivity index (χ3v) is 4.54. The minimum Gasteiger partial charge on any atom is -0.331 e. The number of aromatic nitrogens is 2. The van der Waals surface area contributed by atoms with Gasteiger partial charge in [-0.15, -0.1) is 0 Å². The highest BCUT2D eigenvalue weighted by atomic mass is 16.2. The number of amides is 2. The van der Waals surface area contributed by atoms with Gasteiger partial charge >= 0.3 is 6.03 Å². The van der Waals surface area contributed by atoms with E-state index >= 15 is 0 Å². The van der Waals surface area contributed by atoms with Gasteiger partial charge in [-0.1, -0.05) is 18.2 Å². The SMILES string of the molecule is Cc1cc(NC(=O)NC(c2ccncc2)C2CC2)c2ccccc2n1. The first-order valence-corrected chi connectivity index (χ1v) is 8.54. The average Bonchev–Trinajstić information content (AvgIpc) is 3.45. The Morgan fingerprint density at radius 2 is 1.92 bits per heavy atom. The summed E-state index contributed by atoms with van der Waals surface area (Å²) < 4.78 is 0. The van der Waals surface area contributed by atoms with Crippen molar-refractivity contribution in [3.63, 3.8) is 0 Å². The zero-order chi connectivity index (χ0) is 17.2. The summed E-state index contributed by atoms with van der Waals surface area (Å²) in [6, 6.07) is 13.5. The maximum atomic E-state index is 12.6. The number of anilines is 1. The summed E-state index contributed by atoms with van der Waals surface area (Å²) >= 11 is 0. The van der Waals surface area contributed by atoms with E-state index in [1.54, 1.807) is 12.4 Å². The van der Waals surface area contributed by atoms with Gasteiger partial charge in [0.2, 0.25) is 0 Å². The molecule has 3 aromatic rings. The Labute approximate surface area is 146 Å². The fourth-order valence-electron chi connectivity index (χ4n) is 3.18. The smallest absolute Gasteiger partial charge is 0.319 e.